The van der Waals surface area contributed by atoms with E-state index < -0.39 is 11.7 Å². The fourth-order valence-corrected chi connectivity index (χ4v) is 3.53. The molecule has 1 amide bonds. The Morgan fingerprint density at radius 1 is 1.28 bits per heavy atom. The maximum Gasteiger partial charge on any atom is 0.416 e. The molecule has 0 radical (unpaired) electrons. The predicted molar refractivity (Wildman–Crippen MR) is 85.5 cm³/mol. The topological polar surface area (TPSA) is 47.3 Å². The molecule has 7 heteroatoms. The highest BCUT2D eigenvalue weighted by Gasteiger charge is 2.39. The Morgan fingerprint density at radius 3 is 2.48 bits per heavy atom. The van der Waals surface area contributed by atoms with Crippen molar-refractivity contribution < 1.29 is 18.0 Å². The van der Waals surface area contributed by atoms with Crippen molar-refractivity contribution in [3.05, 3.63) is 34.4 Å². The van der Waals surface area contributed by atoms with Crippen molar-refractivity contribution in [2.24, 2.45) is 5.41 Å². The number of rotatable bonds is 2. The zero-order valence-corrected chi connectivity index (χ0v) is 14.3. The van der Waals surface area contributed by atoms with E-state index in [9.17, 15) is 23.2 Å². The Kier molecular flexibility index (Phi) is 4.28. The van der Waals surface area contributed by atoms with E-state index in [2.05, 4.69) is 6.07 Å². The van der Waals surface area contributed by atoms with Crippen LogP contribution in [0.15, 0.2) is 12.1 Å². The highest BCUT2D eigenvalue weighted by Crippen LogP contribution is 2.38. The van der Waals surface area contributed by atoms with Gasteiger partial charge in [-0.3, -0.25) is 9.69 Å². The molecule has 1 fully saturated rings. The third kappa shape index (κ3) is 3.36. The minimum absolute atomic E-state index is 0.00642. The van der Waals surface area contributed by atoms with Crippen LogP contribution in [0.25, 0.3) is 0 Å². The largest absolute Gasteiger partial charge is 0.416 e. The van der Waals surface area contributed by atoms with E-state index in [1.807, 2.05) is 11.8 Å². The maximum absolute atomic E-state index is 13.4. The van der Waals surface area contributed by atoms with Crippen molar-refractivity contribution >= 4 is 5.91 Å². The number of carbonyl (C=O) groups excluding carboxylic acids is 1. The molecule has 0 spiro atoms. The number of carbonyl (C=O) groups is 1. The summed E-state index contributed by atoms with van der Waals surface area (Å²) < 4.78 is 40.3. The van der Waals surface area contributed by atoms with E-state index in [4.69, 9.17) is 0 Å². The van der Waals surface area contributed by atoms with Crippen LogP contribution in [0.2, 0.25) is 0 Å². The normalized spacial score (nSPS) is 20.5. The second-order valence-electron chi connectivity index (χ2n) is 7.28. The molecule has 4 nitrogen and oxygen atoms in total. The first-order valence-corrected chi connectivity index (χ1v) is 8.25. The summed E-state index contributed by atoms with van der Waals surface area (Å²) in [6.07, 6.45) is -3.09. The smallest absolute Gasteiger partial charge is 0.337 e. The first-order chi connectivity index (χ1) is 11.6. The number of alkyl halides is 3. The van der Waals surface area contributed by atoms with Gasteiger partial charge < -0.3 is 4.90 Å². The van der Waals surface area contributed by atoms with E-state index in [1.165, 1.54) is 18.0 Å². The van der Waals surface area contributed by atoms with E-state index in [0.717, 1.165) is 0 Å². The molecule has 3 rings (SSSR count). The molecule has 0 aliphatic carbocycles. The molecule has 1 aromatic rings. The summed E-state index contributed by atoms with van der Waals surface area (Å²) in [5, 5.41) is 9.18. The van der Waals surface area contributed by atoms with Crippen LogP contribution in [0.4, 0.5) is 13.2 Å². The van der Waals surface area contributed by atoms with E-state index in [1.54, 1.807) is 6.07 Å². The van der Waals surface area contributed by atoms with Crippen LogP contribution in [0.3, 0.4) is 0 Å². The van der Waals surface area contributed by atoms with E-state index in [0.29, 0.717) is 38.0 Å². The van der Waals surface area contributed by atoms with Crippen LogP contribution in [0, 0.1) is 16.7 Å². The van der Waals surface area contributed by atoms with Gasteiger partial charge in [0.2, 0.25) is 0 Å². The van der Waals surface area contributed by atoms with Crippen molar-refractivity contribution in [2.45, 2.75) is 39.0 Å². The number of benzene rings is 1. The van der Waals surface area contributed by atoms with Gasteiger partial charge in [-0.25, -0.2) is 0 Å². The number of amides is 1. The number of piperidine rings is 1. The molecule has 2 aliphatic heterocycles. The van der Waals surface area contributed by atoms with Crippen molar-refractivity contribution in [2.75, 3.05) is 20.1 Å². The number of hydrogen-bond donors (Lipinski definition) is 0. The van der Waals surface area contributed by atoms with Crippen molar-refractivity contribution in [3.63, 3.8) is 0 Å². The maximum atomic E-state index is 13.4. The molecule has 134 valence electrons. The fourth-order valence-electron chi connectivity index (χ4n) is 3.53. The van der Waals surface area contributed by atoms with Gasteiger partial charge in [0.25, 0.3) is 5.91 Å². The van der Waals surface area contributed by atoms with Crippen LogP contribution in [0.5, 0.6) is 0 Å². The molecule has 0 bridgehead atoms. The van der Waals surface area contributed by atoms with Crippen LogP contribution in [0.1, 0.15) is 46.8 Å². The lowest BCUT2D eigenvalue weighted by Crippen LogP contribution is -2.37. The molecular formula is C18H20F3N3O. The van der Waals surface area contributed by atoms with Gasteiger partial charge >= 0.3 is 6.18 Å². The van der Waals surface area contributed by atoms with Gasteiger partial charge in [0.05, 0.1) is 17.0 Å². The fraction of sp³-hybridized carbons (Fsp3) is 0.556. The van der Waals surface area contributed by atoms with Gasteiger partial charge in [-0.1, -0.05) is 0 Å². The zero-order chi connectivity index (χ0) is 18.4. The van der Waals surface area contributed by atoms with Crippen LogP contribution < -0.4 is 0 Å². The molecule has 2 heterocycles. The van der Waals surface area contributed by atoms with Gasteiger partial charge in [-0.2, -0.15) is 18.4 Å². The summed E-state index contributed by atoms with van der Waals surface area (Å²) in [4.78, 5) is 15.5. The Hall–Kier alpha value is -2.07. The molecule has 0 saturated carbocycles. The Balaban J connectivity index is 1.87. The zero-order valence-electron chi connectivity index (χ0n) is 14.3. The summed E-state index contributed by atoms with van der Waals surface area (Å²) in [6, 6.07) is 5.07. The van der Waals surface area contributed by atoms with E-state index in [-0.39, 0.29) is 29.0 Å². The lowest BCUT2D eigenvalue weighted by Gasteiger charge is -2.35. The summed E-state index contributed by atoms with van der Waals surface area (Å²) in [5.41, 5.74) is -0.345. The molecule has 0 atom stereocenters. The minimum atomic E-state index is -4.48. The molecule has 0 unspecified atom stereocenters. The van der Waals surface area contributed by atoms with Crippen molar-refractivity contribution in [3.8, 4) is 6.07 Å². The van der Waals surface area contributed by atoms with Gasteiger partial charge in [0, 0.05) is 25.7 Å². The number of nitriles is 1. The van der Waals surface area contributed by atoms with Gasteiger partial charge in [0.1, 0.15) is 0 Å². The summed E-state index contributed by atoms with van der Waals surface area (Å²) in [6.45, 7) is 3.59. The molecule has 0 aromatic heterocycles. The molecule has 0 N–H and O–H groups in total. The molecule has 2 aliphatic rings. The first-order valence-electron chi connectivity index (χ1n) is 8.25. The lowest BCUT2D eigenvalue weighted by atomic mass is 9.82. The molecule has 25 heavy (non-hydrogen) atoms. The summed E-state index contributed by atoms with van der Waals surface area (Å²) in [5.74, 6) is -0.363. The summed E-state index contributed by atoms with van der Waals surface area (Å²) >= 11 is 0. The Labute approximate surface area is 144 Å². The molecule has 1 aromatic carbocycles. The highest BCUT2D eigenvalue weighted by molar-refractivity contribution is 5.98. The lowest BCUT2D eigenvalue weighted by molar-refractivity contribution is -0.138. The second-order valence-corrected chi connectivity index (χ2v) is 7.28. The quantitative estimate of drug-likeness (QED) is 0.820. The second kappa shape index (κ2) is 6.03. The van der Waals surface area contributed by atoms with Crippen molar-refractivity contribution in [1.29, 1.82) is 5.26 Å². The predicted octanol–water partition coefficient (Wildman–Crippen LogP) is 3.42. The van der Waals surface area contributed by atoms with Crippen LogP contribution in [-0.4, -0.2) is 35.8 Å². The van der Waals surface area contributed by atoms with Gasteiger partial charge in [0.15, 0.2) is 0 Å². The summed E-state index contributed by atoms with van der Waals surface area (Å²) in [7, 11) is 1.51. The average molecular weight is 351 g/mol. The standard InChI is InChI=1S/C18H20F3N3O/c1-17(11-22)3-5-24(6-4-17)9-12-7-13-14(10-23(2)16(13)25)15(8-12)18(19,20)21/h7-8H,3-6,9-10H2,1-2H3. The number of likely N-dealkylation sites (tertiary alicyclic amines) is 1. The Bertz CT molecular complexity index is 743. The third-order valence-corrected chi connectivity index (χ3v) is 5.22. The number of hydrogen-bond acceptors (Lipinski definition) is 3. The monoisotopic (exact) mass is 351 g/mol. The van der Waals surface area contributed by atoms with Gasteiger partial charge in [-0.15, -0.1) is 0 Å². The molecular weight excluding hydrogens is 331 g/mol. The average Bonchev–Trinajstić information content (AvgIpc) is 2.83. The SMILES string of the molecule is CN1Cc2c(cc(CN3CCC(C)(C#N)CC3)cc2C(F)(F)F)C1=O. The van der Waals surface area contributed by atoms with E-state index >= 15 is 0 Å². The number of halogens is 3. The highest BCUT2D eigenvalue weighted by atomic mass is 19.4. The van der Waals surface area contributed by atoms with Gasteiger partial charge in [-0.05, 0) is 56.1 Å². The van der Waals surface area contributed by atoms with Crippen LogP contribution in [-0.2, 0) is 19.3 Å². The molecule has 1 saturated heterocycles. The Morgan fingerprint density at radius 2 is 1.92 bits per heavy atom. The minimum Gasteiger partial charge on any atom is -0.337 e. The van der Waals surface area contributed by atoms with Crippen molar-refractivity contribution in [1.82, 2.24) is 9.80 Å². The van der Waals surface area contributed by atoms with Crippen LogP contribution >= 0.6 is 0 Å². The number of fused-ring (bicyclic) bond motifs is 1. The number of nitrogens with zero attached hydrogens (tertiary/aromatic N) is 3. The first kappa shape index (κ1) is 17.7. The third-order valence-electron chi connectivity index (χ3n) is 5.22.